The van der Waals surface area contributed by atoms with Crippen LogP contribution in [0.1, 0.15) is 76.1 Å². The van der Waals surface area contributed by atoms with E-state index in [1.54, 1.807) is 18.2 Å². The predicted molar refractivity (Wildman–Crippen MR) is 172 cm³/mol. The molecule has 15 atom stereocenters. The molecule has 266 valence electrons. The van der Waals surface area contributed by atoms with Crippen LogP contribution < -0.4 is 9.47 Å². The van der Waals surface area contributed by atoms with Gasteiger partial charge in [-0.15, -0.1) is 0 Å². The largest absolute Gasteiger partial charge is 0.493 e. The van der Waals surface area contributed by atoms with Gasteiger partial charge in [-0.25, -0.2) is 4.79 Å². The van der Waals surface area contributed by atoms with Crippen LogP contribution in [-0.2, 0) is 9.47 Å². The van der Waals surface area contributed by atoms with Crippen LogP contribution in [0.4, 0.5) is 0 Å². The summed E-state index contributed by atoms with van der Waals surface area (Å²) in [5.41, 5.74) is -5.41. The third kappa shape index (κ3) is 4.04. The summed E-state index contributed by atoms with van der Waals surface area (Å²) in [6.45, 7) is 7.63. The fourth-order valence-electron chi connectivity index (χ4n) is 13.0. The van der Waals surface area contributed by atoms with Gasteiger partial charge in [-0.2, -0.15) is 0 Å². The summed E-state index contributed by atoms with van der Waals surface area (Å²) >= 11 is 0. The molecular formula is C37H53NO10. The van der Waals surface area contributed by atoms with E-state index in [0.717, 1.165) is 19.4 Å². The van der Waals surface area contributed by atoms with Gasteiger partial charge in [-0.3, -0.25) is 4.90 Å². The molecule has 4 bridgehead atoms. The summed E-state index contributed by atoms with van der Waals surface area (Å²) in [4.78, 5) is 15.8. The van der Waals surface area contributed by atoms with Gasteiger partial charge in [0, 0.05) is 42.3 Å². The van der Waals surface area contributed by atoms with E-state index < -0.39 is 69.9 Å². The summed E-state index contributed by atoms with van der Waals surface area (Å²) < 4.78 is 23.6. The lowest BCUT2D eigenvalue weighted by Gasteiger charge is -2.69. The number of nitrogens with zero attached hydrogens (tertiary/aromatic N) is 1. The Kier molecular flexibility index (Phi) is 7.44. The molecule has 7 aliphatic rings. The van der Waals surface area contributed by atoms with Crippen LogP contribution in [0.3, 0.4) is 0 Å². The van der Waals surface area contributed by atoms with Crippen LogP contribution in [-0.4, -0.2) is 117 Å². The molecule has 1 spiro atoms. The molecule has 0 radical (unpaired) electrons. The van der Waals surface area contributed by atoms with Crippen molar-refractivity contribution in [3.63, 3.8) is 0 Å². The normalized spacial score (nSPS) is 52.3. The van der Waals surface area contributed by atoms with Crippen molar-refractivity contribution in [2.75, 3.05) is 33.9 Å². The van der Waals surface area contributed by atoms with Crippen LogP contribution in [0, 0.1) is 40.9 Å². The summed E-state index contributed by atoms with van der Waals surface area (Å²) in [7, 11) is 3.03. The number of hydrogen-bond acceptors (Lipinski definition) is 11. The highest BCUT2D eigenvalue weighted by Crippen LogP contribution is 2.74. The minimum Gasteiger partial charge on any atom is -0.493 e. The number of piperidine rings is 2. The number of benzene rings is 1. The van der Waals surface area contributed by atoms with Gasteiger partial charge >= 0.3 is 5.97 Å². The van der Waals surface area contributed by atoms with E-state index in [1.165, 1.54) is 14.2 Å². The predicted octanol–water partition coefficient (Wildman–Crippen LogP) is 2.14. The van der Waals surface area contributed by atoms with Crippen LogP contribution in [0.2, 0.25) is 0 Å². The standard InChI is InChI=1S/C37H53NO10/c1-19-6-11-27-34(3,42)29-21(17-38(27)16-19)22-15-36-26(37(22,44)31(40)30(29)39)10-9-25-33(36,2)13-12-28(35(25,43)18-47-36)48-32(41)20-7-8-23(45-4)24(14-20)46-5/h7-8,14,19,21-22,25-31,39-40,42-44H,6,9-13,15-18H2,1-5H3. The first-order valence-electron chi connectivity index (χ1n) is 18.0. The molecule has 4 saturated carbocycles. The Morgan fingerprint density at radius 2 is 1.69 bits per heavy atom. The second kappa shape index (κ2) is 10.8. The average Bonchev–Trinajstić information content (AvgIpc) is 3.32. The quantitative estimate of drug-likeness (QED) is 0.299. The highest BCUT2D eigenvalue weighted by Gasteiger charge is 2.82. The molecule has 48 heavy (non-hydrogen) atoms. The van der Waals surface area contributed by atoms with Gasteiger partial charge < -0.3 is 44.5 Å². The van der Waals surface area contributed by atoms with E-state index in [-0.39, 0.29) is 24.5 Å². The Hall–Kier alpha value is -1.99. The van der Waals surface area contributed by atoms with Crippen molar-refractivity contribution in [2.45, 2.75) is 112 Å². The zero-order valence-corrected chi connectivity index (χ0v) is 28.8. The van der Waals surface area contributed by atoms with Crippen LogP contribution in [0.15, 0.2) is 18.2 Å². The number of rotatable bonds is 4. The van der Waals surface area contributed by atoms with E-state index in [0.29, 0.717) is 61.6 Å². The van der Waals surface area contributed by atoms with Gasteiger partial charge in [0.05, 0.1) is 43.7 Å². The molecule has 3 saturated heterocycles. The summed E-state index contributed by atoms with van der Waals surface area (Å²) in [6.07, 6.45) is 0.881. The third-order valence-electron chi connectivity index (χ3n) is 15.1. The van der Waals surface area contributed by atoms with Crippen LogP contribution in [0.25, 0.3) is 0 Å². The number of aliphatic hydroxyl groups excluding tert-OH is 2. The number of esters is 1. The fourth-order valence-corrected chi connectivity index (χ4v) is 13.0. The molecule has 1 aromatic carbocycles. The van der Waals surface area contributed by atoms with E-state index in [9.17, 15) is 30.3 Å². The summed E-state index contributed by atoms with van der Waals surface area (Å²) in [6, 6.07) is 4.72. The second-order valence-corrected chi connectivity index (χ2v) is 17.0. The number of aliphatic hydroxyl groups is 5. The topological polar surface area (TPSA) is 158 Å². The number of hydrogen-bond donors (Lipinski definition) is 5. The van der Waals surface area contributed by atoms with Gasteiger partial charge in [0.2, 0.25) is 0 Å². The number of fused-ring (bicyclic) bond motifs is 5. The second-order valence-electron chi connectivity index (χ2n) is 17.0. The van der Waals surface area contributed by atoms with E-state index in [2.05, 4.69) is 18.7 Å². The first-order valence-corrected chi connectivity index (χ1v) is 18.0. The lowest BCUT2D eigenvalue weighted by atomic mass is 9.44. The number of ether oxygens (including phenoxy) is 4. The van der Waals surface area contributed by atoms with E-state index in [4.69, 9.17) is 18.9 Å². The molecular weight excluding hydrogens is 618 g/mol. The van der Waals surface area contributed by atoms with Gasteiger partial charge in [-0.1, -0.05) is 13.8 Å². The number of carbonyl (C=O) groups excluding carboxylic acids is 1. The Morgan fingerprint density at radius 3 is 2.42 bits per heavy atom. The molecule has 0 amide bonds. The maximum atomic E-state index is 13.4. The third-order valence-corrected chi connectivity index (χ3v) is 15.1. The van der Waals surface area contributed by atoms with E-state index >= 15 is 0 Å². The summed E-state index contributed by atoms with van der Waals surface area (Å²) in [5, 5.41) is 61.1. The SMILES string of the molecule is COc1ccc(C(=O)OC2CCC3(C)C4CCC5C6(O)C(O)C(O)C7C(CN8CC(C)CCC8C7(C)O)C6CC53OCC24O)cc1OC. The van der Waals surface area contributed by atoms with Crippen molar-refractivity contribution >= 4 is 5.97 Å². The minimum atomic E-state index is -1.61. The lowest BCUT2D eigenvalue weighted by Crippen LogP contribution is -2.78. The molecule has 11 nitrogen and oxygen atoms in total. The smallest absolute Gasteiger partial charge is 0.338 e. The minimum absolute atomic E-state index is 0.0629. The molecule has 11 heteroatoms. The molecule has 8 rings (SSSR count). The maximum absolute atomic E-state index is 13.4. The van der Waals surface area contributed by atoms with Gasteiger partial charge in [-0.05, 0) is 87.8 Å². The van der Waals surface area contributed by atoms with Crippen molar-refractivity contribution in [3.8, 4) is 11.5 Å². The zero-order chi connectivity index (χ0) is 34.2. The molecule has 3 heterocycles. The van der Waals surface area contributed by atoms with Crippen LogP contribution in [0.5, 0.6) is 11.5 Å². The van der Waals surface area contributed by atoms with Crippen molar-refractivity contribution in [2.24, 2.45) is 40.9 Å². The van der Waals surface area contributed by atoms with Gasteiger partial charge in [0.15, 0.2) is 11.5 Å². The number of methoxy groups -OCH3 is 2. The average molecular weight is 672 g/mol. The van der Waals surface area contributed by atoms with Gasteiger partial charge in [0.1, 0.15) is 23.4 Å². The highest BCUT2D eigenvalue weighted by molar-refractivity contribution is 5.90. The van der Waals surface area contributed by atoms with Crippen molar-refractivity contribution in [1.82, 2.24) is 4.90 Å². The molecule has 5 N–H and O–H groups in total. The van der Waals surface area contributed by atoms with Crippen molar-refractivity contribution in [1.29, 1.82) is 0 Å². The van der Waals surface area contributed by atoms with Crippen molar-refractivity contribution < 1.29 is 49.3 Å². The Balaban J connectivity index is 1.10. The Bertz CT molecular complexity index is 1470. The van der Waals surface area contributed by atoms with Crippen molar-refractivity contribution in [3.05, 3.63) is 23.8 Å². The molecule has 4 aliphatic carbocycles. The monoisotopic (exact) mass is 671 g/mol. The van der Waals surface area contributed by atoms with Gasteiger partial charge in [0.25, 0.3) is 0 Å². The first-order chi connectivity index (χ1) is 22.7. The number of carbonyl (C=O) groups is 1. The fraction of sp³-hybridized carbons (Fsp3) is 0.811. The highest BCUT2D eigenvalue weighted by atomic mass is 16.6. The molecule has 1 aromatic rings. The molecule has 0 aromatic heterocycles. The zero-order valence-electron chi connectivity index (χ0n) is 28.8. The lowest BCUT2D eigenvalue weighted by molar-refractivity contribution is -0.350. The molecule has 15 unspecified atom stereocenters. The Labute approximate surface area is 282 Å². The maximum Gasteiger partial charge on any atom is 0.338 e. The van der Waals surface area contributed by atoms with E-state index in [1.807, 2.05) is 6.92 Å². The summed E-state index contributed by atoms with van der Waals surface area (Å²) in [5.74, 6) is -1.13. The molecule has 7 fully saturated rings. The van der Waals surface area contributed by atoms with Crippen LogP contribution >= 0.6 is 0 Å². The molecule has 3 aliphatic heterocycles. The Morgan fingerprint density at radius 1 is 0.958 bits per heavy atom. The first kappa shape index (κ1) is 33.2.